The van der Waals surface area contributed by atoms with Gasteiger partial charge in [-0.2, -0.15) is 0 Å². The number of carboxylic acid groups (broad SMARTS) is 1. The highest BCUT2D eigenvalue weighted by molar-refractivity contribution is 5.60. The molecule has 0 saturated heterocycles. The van der Waals surface area contributed by atoms with E-state index in [1.54, 1.807) is 0 Å². The van der Waals surface area contributed by atoms with Gasteiger partial charge in [0.05, 0.1) is 27.2 Å². The molecule has 0 N–H and O–H groups in total. The van der Waals surface area contributed by atoms with Crippen LogP contribution in [-0.4, -0.2) is 37.6 Å². The normalized spacial score (nSPS) is 11.5. The Labute approximate surface area is 324 Å². The van der Waals surface area contributed by atoms with E-state index in [4.69, 9.17) is 9.90 Å². The average molecular weight is 722 g/mol. The molecule has 3 heteroatoms. The zero-order valence-electron chi connectivity index (χ0n) is 36.5. The smallest absolute Gasteiger partial charge is 0.0782 e. The molecule has 0 unspecified atom stereocenters. The predicted molar refractivity (Wildman–Crippen MR) is 229 cm³/mol. The van der Waals surface area contributed by atoms with Gasteiger partial charge in [-0.15, -0.1) is 0 Å². The summed E-state index contributed by atoms with van der Waals surface area (Å²) in [6.07, 6.45) is 58.9. The largest absolute Gasteiger partial charge is 0.550 e. The topological polar surface area (TPSA) is 40.1 Å². The molecule has 0 heterocycles. The Kier molecular flexibility index (Phi) is 47.0. The third kappa shape index (κ3) is 53.9. The number of hydrogen-bond acceptors (Lipinski definition) is 2. The third-order valence-electron chi connectivity index (χ3n) is 11.2. The molecule has 3 nitrogen and oxygen atoms in total. The summed E-state index contributed by atoms with van der Waals surface area (Å²) in [6, 6.07) is 0. The molecule has 0 radical (unpaired) electrons. The van der Waals surface area contributed by atoms with E-state index in [9.17, 15) is 0 Å². The van der Waals surface area contributed by atoms with E-state index in [1.807, 2.05) is 0 Å². The average Bonchev–Trinajstić information content (AvgIpc) is 3.09. The van der Waals surface area contributed by atoms with Gasteiger partial charge in [0, 0.05) is 5.97 Å². The van der Waals surface area contributed by atoms with Crippen LogP contribution in [0.2, 0.25) is 0 Å². The molecular weight excluding hydrogens is 623 g/mol. The zero-order chi connectivity index (χ0) is 37.8. The van der Waals surface area contributed by atoms with Gasteiger partial charge in [-0.1, -0.05) is 245 Å². The summed E-state index contributed by atoms with van der Waals surface area (Å²) in [5.41, 5.74) is 0. The highest BCUT2D eigenvalue weighted by atomic mass is 16.4. The monoisotopic (exact) mass is 722 g/mol. The molecular formula is C48H99NO2. The van der Waals surface area contributed by atoms with Gasteiger partial charge >= 0.3 is 0 Å². The van der Waals surface area contributed by atoms with Gasteiger partial charge in [-0.3, -0.25) is 0 Å². The molecule has 0 amide bonds. The molecule has 0 aliphatic rings. The first-order valence-corrected chi connectivity index (χ1v) is 23.8. The number of unbranched alkanes of at least 4 members (excludes halogenated alkanes) is 38. The molecule has 0 fully saturated rings. The molecule has 0 rings (SSSR count). The Hall–Kier alpha value is -0.570. The summed E-state index contributed by atoms with van der Waals surface area (Å²) in [5.74, 6) is -1.08. The molecule has 0 bridgehead atoms. The van der Waals surface area contributed by atoms with Crippen LogP contribution < -0.4 is 5.11 Å². The minimum atomic E-state index is -1.08. The lowest BCUT2D eigenvalue weighted by molar-refractivity contribution is -0.890. The molecule has 0 spiro atoms. The molecule has 0 aliphatic heterocycles. The molecule has 0 aromatic carbocycles. The Balaban J connectivity index is 0. The summed E-state index contributed by atoms with van der Waals surface area (Å²) < 4.78 is 1.25. The van der Waals surface area contributed by atoms with E-state index in [1.165, 1.54) is 274 Å². The Morgan fingerprint density at radius 2 is 0.431 bits per heavy atom. The van der Waals surface area contributed by atoms with Crippen molar-refractivity contribution in [1.82, 2.24) is 0 Å². The minimum absolute atomic E-state index is 0.972. The number of aliphatic carboxylic acids is 1. The van der Waals surface area contributed by atoms with Gasteiger partial charge in [0.2, 0.25) is 0 Å². The van der Waals surface area contributed by atoms with Crippen LogP contribution in [-0.2, 0) is 4.79 Å². The van der Waals surface area contributed by atoms with Gasteiger partial charge in [0.15, 0.2) is 0 Å². The van der Waals surface area contributed by atoms with Crippen LogP contribution in [0, 0.1) is 0 Å². The van der Waals surface area contributed by atoms with E-state index >= 15 is 0 Å². The third-order valence-corrected chi connectivity index (χ3v) is 11.2. The van der Waals surface area contributed by atoms with Crippen molar-refractivity contribution in [3.8, 4) is 0 Å². The highest BCUT2D eigenvalue weighted by Gasteiger charge is 2.13. The molecule has 0 saturated carbocycles. The number of quaternary nitrogens is 1. The van der Waals surface area contributed by atoms with Crippen LogP contribution in [0.4, 0.5) is 0 Å². The zero-order valence-corrected chi connectivity index (χ0v) is 36.5. The number of carbonyl (C=O) groups is 1. The van der Waals surface area contributed by atoms with Crippen molar-refractivity contribution in [2.24, 2.45) is 0 Å². The first-order valence-electron chi connectivity index (χ1n) is 23.8. The van der Waals surface area contributed by atoms with Crippen LogP contribution in [0.3, 0.4) is 0 Å². The SMILES string of the molecule is CC(=O)[O-].CCCCCCCCCCCCCCCCCCCCCC[N+](C)(C)CCCCCCCCCCCCCCCCCCCCCC. The van der Waals surface area contributed by atoms with Gasteiger partial charge in [-0.25, -0.2) is 0 Å². The minimum Gasteiger partial charge on any atom is -0.550 e. The summed E-state index contributed by atoms with van der Waals surface area (Å²) in [6.45, 7) is 8.37. The van der Waals surface area contributed by atoms with Crippen molar-refractivity contribution in [3.05, 3.63) is 0 Å². The van der Waals surface area contributed by atoms with E-state index in [0.29, 0.717) is 0 Å². The Morgan fingerprint density at radius 1 is 0.314 bits per heavy atom. The number of nitrogens with zero attached hydrogens (tertiary/aromatic N) is 1. The van der Waals surface area contributed by atoms with Crippen LogP contribution >= 0.6 is 0 Å². The maximum Gasteiger partial charge on any atom is 0.0782 e. The van der Waals surface area contributed by atoms with Crippen LogP contribution in [0.15, 0.2) is 0 Å². The number of hydrogen-bond donors (Lipinski definition) is 0. The molecule has 0 aromatic rings. The standard InChI is InChI=1S/C46H96N.C2H4O2/c1-5-7-9-11-13-15-17-19-21-23-25-27-29-31-33-35-37-39-41-43-45-47(3,4)46-44-42-40-38-36-34-32-30-28-26-24-22-20-18-16-14-12-10-8-6-2;1-2(3)4/h5-46H2,1-4H3;1H3,(H,3,4)/q+1;/p-1. The van der Waals surface area contributed by atoms with E-state index in [-0.39, 0.29) is 0 Å². The lowest BCUT2D eigenvalue weighted by Gasteiger charge is -2.30. The van der Waals surface area contributed by atoms with Crippen LogP contribution in [0.25, 0.3) is 0 Å². The van der Waals surface area contributed by atoms with E-state index < -0.39 is 5.97 Å². The number of carboxylic acids is 1. The van der Waals surface area contributed by atoms with E-state index in [2.05, 4.69) is 27.9 Å². The lowest BCUT2D eigenvalue weighted by atomic mass is 10.0. The maximum absolute atomic E-state index is 8.89. The van der Waals surface area contributed by atoms with Gasteiger partial charge in [-0.05, 0) is 32.6 Å². The number of rotatable bonds is 42. The summed E-state index contributed by atoms with van der Waals surface area (Å²) >= 11 is 0. The lowest BCUT2D eigenvalue weighted by Crippen LogP contribution is -2.41. The molecule has 0 aromatic heterocycles. The summed E-state index contributed by atoms with van der Waals surface area (Å²) in [5, 5.41) is 8.89. The maximum atomic E-state index is 8.89. The van der Waals surface area contributed by atoms with Gasteiger partial charge < -0.3 is 14.4 Å². The predicted octanol–water partition coefficient (Wildman–Crippen LogP) is 15.5. The fourth-order valence-corrected chi connectivity index (χ4v) is 7.70. The van der Waals surface area contributed by atoms with Crippen molar-refractivity contribution < 1.29 is 14.4 Å². The van der Waals surface area contributed by atoms with Gasteiger partial charge in [0.1, 0.15) is 0 Å². The summed E-state index contributed by atoms with van der Waals surface area (Å²) in [7, 11) is 4.95. The fraction of sp³-hybridized carbons (Fsp3) is 0.979. The van der Waals surface area contributed by atoms with Crippen LogP contribution in [0.5, 0.6) is 0 Å². The van der Waals surface area contributed by atoms with Crippen molar-refractivity contribution in [2.75, 3.05) is 27.2 Å². The van der Waals surface area contributed by atoms with E-state index in [0.717, 1.165) is 6.92 Å². The van der Waals surface area contributed by atoms with Crippen molar-refractivity contribution >= 4 is 5.97 Å². The summed E-state index contributed by atoms with van der Waals surface area (Å²) in [4.78, 5) is 8.89. The second-order valence-electron chi connectivity index (χ2n) is 17.3. The molecule has 0 aliphatic carbocycles. The Bertz CT molecular complexity index is 583. The van der Waals surface area contributed by atoms with Crippen LogP contribution in [0.1, 0.15) is 278 Å². The Morgan fingerprint density at radius 3 is 0.569 bits per heavy atom. The first kappa shape index (κ1) is 52.5. The van der Waals surface area contributed by atoms with Crippen molar-refractivity contribution in [2.45, 2.75) is 278 Å². The highest BCUT2D eigenvalue weighted by Crippen LogP contribution is 2.17. The fourth-order valence-electron chi connectivity index (χ4n) is 7.70. The molecule has 51 heavy (non-hydrogen) atoms. The van der Waals surface area contributed by atoms with Crippen molar-refractivity contribution in [3.63, 3.8) is 0 Å². The van der Waals surface area contributed by atoms with Crippen molar-refractivity contribution in [1.29, 1.82) is 0 Å². The van der Waals surface area contributed by atoms with Gasteiger partial charge in [0.25, 0.3) is 0 Å². The second-order valence-corrected chi connectivity index (χ2v) is 17.3. The molecule has 0 atom stereocenters. The quantitative estimate of drug-likeness (QED) is 0.0465. The first-order chi connectivity index (χ1) is 24.9. The number of carbonyl (C=O) groups excluding carboxylic acids is 1. The molecule has 308 valence electrons. The second kappa shape index (κ2) is 45.6.